The molecule has 0 aliphatic heterocycles. The fraction of sp³-hybridized carbons (Fsp3) is 0.118. The SMILES string of the molecule is CN(C)c1ccc(-c2ncc(-c3ccccc3)o2)cc1. The van der Waals surface area contributed by atoms with Gasteiger partial charge in [-0.15, -0.1) is 0 Å². The van der Waals surface area contributed by atoms with Gasteiger partial charge in [-0.1, -0.05) is 30.3 Å². The molecule has 0 amide bonds. The van der Waals surface area contributed by atoms with Crippen LogP contribution in [0, 0.1) is 0 Å². The summed E-state index contributed by atoms with van der Waals surface area (Å²) in [5, 5.41) is 0. The summed E-state index contributed by atoms with van der Waals surface area (Å²) in [6.45, 7) is 0. The minimum atomic E-state index is 0.647. The van der Waals surface area contributed by atoms with Crippen molar-refractivity contribution in [1.82, 2.24) is 4.98 Å². The minimum absolute atomic E-state index is 0.647. The van der Waals surface area contributed by atoms with Gasteiger partial charge in [-0.3, -0.25) is 0 Å². The van der Waals surface area contributed by atoms with Crippen LogP contribution in [0.4, 0.5) is 5.69 Å². The highest BCUT2D eigenvalue weighted by Gasteiger charge is 2.08. The van der Waals surface area contributed by atoms with Crippen molar-refractivity contribution in [3.63, 3.8) is 0 Å². The molecule has 3 rings (SSSR count). The van der Waals surface area contributed by atoms with E-state index in [1.165, 1.54) is 0 Å². The van der Waals surface area contributed by atoms with Crippen molar-refractivity contribution in [3.05, 3.63) is 60.8 Å². The number of hydrogen-bond acceptors (Lipinski definition) is 3. The quantitative estimate of drug-likeness (QED) is 0.714. The average Bonchev–Trinajstić information content (AvgIpc) is 2.98. The zero-order chi connectivity index (χ0) is 13.9. The maximum atomic E-state index is 5.83. The third-order valence-electron chi connectivity index (χ3n) is 3.19. The Hall–Kier alpha value is -2.55. The fourth-order valence-corrected chi connectivity index (χ4v) is 2.05. The summed E-state index contributed by atoms with van der Waals surface area (Å²) in [5.74, 6) is 1.44. The normalized spacial score (nSPS) is 10.5. The Morgan fingerprint density at radius 1 is 0.850 bits per heavy atom. The Kier molecular flexibility index (Phi) is 3.25. The Morgan fingerprint density at radius 3 is 2.20 bits per heavy atom. The highest BCUT2D eigenvalue weighted by atomic mass is 16.4. The van der Waals surface area contributed by atoms with Crippen molar-refractivity contribution in [2.45, 2.75) is 0 Å². The van der Waals surface area contributed by atoms with E-state index < -0.39 is 0 Å². The van der Waals surface area contributed by atoms with Crippen LogP contribution in [0.15, 0.2) is 65.2 Å². The first-order valence-electron chi connectivity index (χ1n) is 6.53. The van der Waals surface area contributed by atoms with E-state index in [1.807, 2.05) is 56.6 Å². The lowest BCUT2D eigenvalue weighted by Crippen LogP contribution is -2.07. The molecule has 3 nitrogen and oxygen atoms in total. The van der Waals surface area contributed by atoms with E-state index in [4.69, 9.17) is 4.42 Å². The molecule has 3 heteroatoms. The summed E-state index contributed by atoms with van der Waals surface area (Å²) in [6, 6.07) is 18.2. The molecule has 1 aromatic heterocycles. The molecule has 0 aliphatic rings. The maximum Gasteiger partial charge on any atom is 0.226 e. The van der Waals surface area contributed by atoms with Crippen LogP contribution in [0.2, 0.25) is 0 Å². The van der Waals surface area contributed by atoms with Crippen molar-refractivity contribution < 1.29 is 4.42 Å². The first-order chi connectivity index (χ1) is 9.74. The fourth-order valence-electron chi connectivity index (χ4n) is 2.05. The molecule has 0 saturated heterocycles. The van der Waals surface area contributed by atoms with Crippen molar-refractivity contribution >= 4 is 5.69 Å². The summed E-state index contributed by atoms with van der Waals surface area (Å²) in [7, 11) is 4.04. The van der Waals surface area contributed by atoms with Gasteiger partial charge in [0.15, 0.2) is 5.76 Å². The molecule has 20 heavy (non-hydrogen) atoms. The zero-order valence-corrected chi connectivity index (χ0v) is 11.6. The number of anilines is 1. The minimum Gasteiger partial charge on any atom is -0.436 e. The molecular formula is C17H16N2O. The first kappa shape index (κ1) is 12.5. The van der Waals surface area contributed by atoms with Gasteiger partial charge in [0.1, 0.15) is 0 Å². The van der Waals surface area contributed by atoms with Gasteiger partial charge in [-0.05, 0) is 24.3 Å². The molecule has 2 aromatic carbocycles. The second kappa shape index (κ2) is 5.21. The van der Waals surface area contributed by atoms with Crippen LogP contribution in [-0.2, 0) is 0 Å². The highest BCUT2D eigenvalue weighted by molar-refractivity contribution is 5.63. The van der Waals surface area contributed by atoms with Crippen molar-refractivity contribution in [3.8, 4) is 22.8 Å². The molecule has 0 atom stereocenters. The summed E-state index contributed by atoms with van der Waals surface area (Å²) >= 11 is 0. The monoisotopic (exact) mass is 264 g/mol. The summed E-state index contributed by atoms with van der Waals surface area (Å²) in [4.78, 5) is 6.42. The van der Waals surface area contributed by atoms with Gasteiger partial charge < -0.3 is 9.32 Å². The standard InChI is InChI=1S/C17H16N2O/c1-19(2)15-10-8-14(9-11-15)17-18-12-16(20-17)13-6-4-3-5-7-13/h3-12H,1-2H3. The number of aromatic nitrogens is 1. The molecule has 0 radical (unpaired) electrons. The van der Waals surface area contributed by atoms with Gasteiger partial charge in [0.2, 0.25) is 5.89 Å². The van der Waals surface area contributed by atoms with Gasteiger partial charge in [0, 0.05) is 30.9 Å². The predicted molar refractivity (Wildman–Crippen MR) is 81.7 cm³/mol. The van der Waals surface area contributed by atoms with Gasteiger partial charge in [0.05, 0.1) is 6.20 Å². The molecule has 0 fully saturated rings. The largest absolute Gasteiger partial charge is 0.436 e. The molecule has 1 heterocycles. The maximum absolute atomic E-state index is 5.83. The van der Waals surface area contributed by atoms with Crippen LogP contribution < -0.4 is 4.90 Å². The molecule has 0 N–H and O–H groups in total. The Labute approximate surface area is 118 Å². The summed E-state index contributed by atoms with van der Waals surface area (Å²) < 4.78 is 5.83. The lowest BCUT2D eigenvalue weighted by molar-refractivity contribution is 0.589. The van der Waals surface area contributed by atoms with E-state index in [2.05, 4.69) is 22.0 Å². The number of hydrogen-bond donors (Lipinski definition) is 0. The number of nitrogens with zero attached hydrogens (tertiary/aromatic N) is 2. The van der Waals surface area contributed by atoms with Crippen LogP contribution in [0.3, 0.4) is 0 Å². The Bertz CT molecular complexity index is 685. The van der Waals surface area contributed by atoms with E-state index in [-0.39, 0.29) is 0 Å². The molecule has 0 aliphatic carbocycles. The van der Waals surface area contributed by atoms with Gasteiger partial charge >= 0.3 is 0 Å². The zero-order valence-electron chi connectivity index (χ0n) is 11.6. The lowest BCUT2D eigenvalue weighted by atomic mass is 10.2. The van der Waals surface area contributed by atoms with Gasteiger partial charge in [-0.25, -0.2) is 4.98 Å². The molecular weight excluding hydrogens is 248 g/mol. The van der Waals surface area contributed by atoms with Crippen molar-refractivity contribution in [2.24, 2.45) is 0 Å². The predicted octanol–water partition coefficient (Wildman–Crippen LogP) is 4.07. The second-order valence-electron chi connectivity index (χ2n) is 4.84. The number of benzene rings is 2. The van der Waals surface area contributed by atoms with E-state index in [1.54, 1.807) is 6.20 Å². The van der Waals surface area contributed by atoms with Gasteiger partial charge in [-0.2, -0.15) is 0 Å². The third kappa shape index (κ3) is 2.43. The Balaban J connectivity index is 1.90. The summed E-state index contributed by atoms with van der Waals surface area (Å²) in [6.07, 6.45) is 1.77. The number of oxazole rings is 1. The summed E-state index contributed by atoms with van der Waals surface area (Å²) in [5.41, 5.74) is 3.18. The molecule has 0 saturated carbocycles. The van der Waals surface area contributed by atoms with Crippen LogP contribution in [0.25, 0.3) is 22.8 Å². The van der Waals surface area contributed by atoms with E-state index in [9.17, 15) is 0 Å². The Morgan fingerprint density at radius 2 is 1.55 bits per heavy atom. The molecule has 0 unspecified atom stereocenters. The van der Waals surface area contributed by atoms with Crippen LogP contribution in [0.1, 0.15) is 0 Å². The van der Waals surface area contributed by atoms with E-state index in [0.29, 0.717) is 5.89 Å². The van der Waals surface area contributed by atoms with Crippen LogP contribution >= 0.6 is 0 Å². The molecule has 100 valence electrons. The lowest BCUT2D eigenvalue weighted by Gasteiger charge is -2.11. The van der Waals surface area contributed by atoms with Crippen molar-refractivity contribution in [1.29, 1.82) is 0 Å². The first-order valence-corrected chi connectivity index (χ1v) is 6.53. The number of rotatable bonds is 3. The van der Waals surface area contributed by atoms with E-state index in [0.717, 1.165) is 22.6 Å². The second-order valence-corrected chi connectivity index (χ2v) is 4.84. The van der Waals surface area contributed by atoms with Crippen LogP contribution in [0.5, 0.6) is 0 Å². The third-order valence-corrected chi connectivity index (χ3v) is 3.19. The topological polar surface area (TPSA) is 29.3 Å². The smallest absolute Gasteiger partial charge is 0.226 e. The van der Waals surface area contributed by atoms with E-state index >= 15 is 0 Å². The molecule has 0 bridgehead atoms. The van der Waals surface area contributed by atoms with Crippen LogP contribution in [-0.4, -0.2) is 19.1 Å². The average molecular weight is 264 g/mol. The molecule has 3 aromatic rings. The molecule has 0 spiro atoms. The van der Waals surface area contributed by atoms with Crippen molar-refractivity contribution in [2.75, 3.05) is 19.0 Å². The van der Waals surface area contributed by atoms with Gasteiger partial charge in [0.25, 0.3) is 0 Å². The highest BCUT2D eigenvalue weighted by Crippen LogP contribution is 2.26.